The molecule has 0 aromatic heterocycles. The molecule has 2 aromatic rings. The second-order valence-electron chi connectivity index (χ2n) is 10.3. The van der Waals surface area contributed by atoms with Crippen LogP contribution in [0.2, 0.25) is 10.0 Å². The van der Waals surface area contributed by atoms with E-state index in [0.29, 0.717) is 27.6 Å². The molecule has 0 radical (unpaired) electrons. The van der Waals surface area contributed by atoms with Crippen molar-refractivity contribution in [2.75, 3.05) is 0 Å². The lowest BCUT2D eigenvalue weighted by Crippen LogP contribution is -2.53. The van der Waals surface area contributed by atoms with Crippen molar-refractivity contribution in [2.24, 2.45) is 5.41 Å². The van der Waals surface area contributed by atoms with Crippen LogP contribution in [0, 0.1) is 16.7 Å². The van der Waals surface area contributed by atoms with Gasteiger partial charge in [0.05, 0.1) is 6.07 Å². The summed E-state index contributed by atoms with van der Waals surface area (Å²) in [6.45, 7) is 7.16. The lowest BCUT2D eigenvalue weighted by atomic mass is 9.60. The molecule has 2 aromatic carbocycles. The van der Waals surface area contributed by atoms with Gasteiger partial charge in [-0.05, 0) is 54.2 Å². The molecule has 1 aliphatic heterocycles. The molecule has 4 atom stereocenters. The third kappa shape index (κ3) is 5.24. The fourth-order valence-corrected chi connectivity index (χ4v) is 5.37. The van der Waals surface area contributed by atoms with Crippen LogP contribution in [0.3, 0.4) is 0 Å². The van der Waals surface area contributed by atoms with Gasteiger partial charge >= 0.3 is 18.1 Å². The Kier molecular flexibility index (Phi) is 7.54. The monoisotopic (exact) mass is 540 g/mol. The van der Waals surface area contributed by atoms with Crippen molar-refractivity contribution in [3.05, 3.63) is 69.7 Å². The highest BCUT2D eigenvalue weighted by Gasteiger charge is 2.66. The van der Waals surface area contributed by atoms with Crippen molar-refractivity contribution in [3.8, 4) is 6.07 Å². The van der Waals surface area contributed by atoms with Crippen LogP contribution in [0.5, 0.6) is 0 Å². The molecule has 1 saturated heterocycles. The van der Waals surface area contributed by atoms with Crippen LogP contribution in [-0.2, 0) is 19.7 Å². The second kappa shape index (κ2) is 9.70. The summed E-state index contributed by atoms with van der Waals surface area (Å²) in [6, 6.07) is 14.5. The standard InChI is InChI=1S/C26H25Cl2F3N2O3/c1-23(2,3)13-19-25(14-32,16-8-10-17(27)11-9-16)20(15-6-5-7-18(28)12-15)24(4,33-19)21(34)36-22(35)26(29,30)31/h5-12,19-20,33H,13H2,1-4H3/t19-,20-,24+,25-/m0/s1. The maximum absolute atomic E-state index is 13.3. The summed E-state index contributed by atoms with van der Waals surface area (Å²) in [6.07, 6.45) is -5.01. The number of rotatable bonds is 4. The highest BCUT2D eigenvalue weighted by atomic mass is 35.5. The molecule has 0 saturated carbocycles. The van der Waals surface area contributed by atoms with Gasteiger partial charge in [0.15, 0.2) is 0 Å². The molecular weight excluding hydrogens is 516 g/mol. The van der Waals surface area contributed by atoms with E-state index >= 15 is 0 Å². The Morgan fingerprint density at radius 2 is 1.69 bits per heavy atom. The molecule has 1 N–H and O–H groups in total. The van der Waals surface area contributed by atoms with E-state index < -0.39 is 41.0 Å². The van der Waals surface area contributed by atoms with E-state index in [1.165, 1.54) is 6.92 Å². The van der Waals surface area contributed by atoms with Gasteiger partial charge in [0, 0.05) is 22.0 Å². The predicted octanol–water partition coefficient (Wildman–Crippen LogP) is 6.34. The zero-order valence-corrected chi connectivity index (χ0v) is 21.6. The van der Waals surface area contributed by atoms with Crippen molar-refractivity contribution in [3.63, 3.8) is 0 Å². The first-order valence-corrected chi connectivity index (χ1v) is 11.8. The number of carbonyl (C=O) groups is 2. The van der Waals surface area contributed by atoms with Gasteiger partial charge in [-0.3, -0.25) is 5.32 Å². The molecule has 1 fully saturated rings. The second-order valence-corrected chi connectivity index (χ2v) is 11.2. The summed E-state index contributed by atoms with van der Waals surface area (Å²) in [5.41, 5.74) is -2.82. The third-order valence-electron chi connectivity index (χ3n) is 6.40. The number of hydrogen-bond donors (Lipinski definition) is 1. The van der Waals surface area contributed by atoms with Crippen LogP contribution in [-0.4, -0.2) is 29.7 Å². The molecule has 36 heavy (non-hydrogen) atoms. The normalized spacial score (nSPS) is 26.3. The summed E-state index contributed by atoms with van der Waals surface area (Å²) in [4.78, 5) is 24.9. The molecule has 10 heteroatoms. The Balaban J connectivity index is 2.32. The smallest absolute Gasteiger partial charge is 0.385 e. The summed E-state index contributed by atoms with van der Waals surface area (Å²) in [5.74, 6) is -5.16. The number of esters is 2. The zero-order valence-electron chi connectivity index (χ0n) is 20.0. The number of carbonyl (C=O) groups excluding carboxylic acids is 2. The molecule has 5 nitrogen and oxygen atoms in total. The first-order chi connectivity index (χ1) is 16.5. The Morgan fingerprint density at radius 1 is 1.08 bits per heavy atom. The largest absolute Gasteiger partial charge is 0.491 e. The fraction of sp³-hybridized carbons (Fsp3) is 0.423. The molecule has 0 spiro atoms. The van der Waals surface area contributed by atoms with Crippen molar-refractivity contribution < 1.29 is 27.5 Å². The van der Waals surface area contributed by atoms with E-state index in [4.69, 9.17) is 23.2 Å². The number of nitrogens with zero attached hydrogens (tertiary/aromatic N) is 1. The molecule has 3 rings (SSSR count). The number of ether oxygens (including phenoxy) is 1. The Hall–Kier alpha value is -2.60. The van der Waals surface area contributed by atoms with E-state index in [1.54, 1.807) is 48.5 Å². The van der Waals surface area contributed by atoms with Gasteiger partial charge in [0.25, 0.3) is 0 Å². The molecule has 192 valence electrons. The Bertz CT molecular complexity index is 1200. The lowest BCUT2D eigenvalue weighted by Gasteiger charge is -2.38. The third-order valence-corrected chi connectivity index (χ3v) is 6.89. The van der Waals surface area contributed by atoms with Crippen molar-refractivity contribution >= 4 is 35.1 Å². The van der Waals surface area contributed by atoms with Gasteiger partial charge in [0.1, 0.15) is 11.0 Å². The summed E-state index contributed by atoms with van der Waals surface area (Å²) in [5, 5.41) is 14.6. The topological polar surface area (TPSA) is 79.2 Å². The zero-order chi connectivity index (χ0) is 27.1. The molecule has 0 aliphatic carbocycles. The first-order valence-electron chi connectivity index (χ1n) is 11.1. The number of alkyl halides is 3. The van der Waals surface area contributed by atoms with Gasteiger partial charge in [0.2, 0.25) is 0 Å². The van der Waals surface area contributed by atoms with Gasteiger partial charge in [-0.15, -0.1) is 0 Å². The molecule has 0 amide bonds. The highest BCUT2D eigenvalue weighted by Crippen LogP contribution is 2.55. The minimum atomic E-state index is -5.37. The van der Waals surface area contributed by atoms with Crippen LogP contribution < -0.4 is 5.32 Å². The van der Waals surface area contributed by atoms with E-state index in [0.717, 1.165) is 0 Å². The first kappa shape index (κ1) is 28.0. The SMILES string of the molecule is CC(C)(C)C[C@@H]1N[C@@](C)(C(=O)OC(=O)C(F)(F)F)[C@H](c2cccc(Cl)c2)[C@@]1(C#N)c1ccc(Cl)cc1. The molecule has 1 heterocycles. The highest BCUT2D eigenvalue weighted by molar-refractivity contribution is 6.30. The van der Waals surface area contributed by atoms with E-state index in [1.807, 2.05) is 20.8 Å². The van der Waals surface area contributed by atoms with Crippen LogP contribution in [0.15, 0.2) is 48.5 Å². The van der Waals surface area contributed by atoms with Crippen LogP contribution in [0.25, 0.3) is 0 Å². The fourth-order valence-electron chi connectivity index (χ4n) is 5.05. The van der Waals surface area contributed by atoms with E-state index in [-0.39, 0.29) is 5.41 Å². The van der Waals surface area contributed by atoms with Crippen LogP contribution >= 0.6 is 23.2 Å². The average Bonchev–Trinajstić information content (AvgIpc) is 3.01. The molecule has 1 aliphatic rings. The van der Waals surface area contributed by atoms with Crippen molar-refractivity contribution in [2.45, 2.75) is 63.2 Å². The summed E-state index contributed by atoms with van der Waals surface area (Å²) >= 11 is 12.3. The van der Waals surface area contributed by atoms with Crippen LogP contribution in [0.4, 0.5) is 13.2 Å². The summed E-state index contributed by atoms with van der Waals surface area (Å²) < 4.78 is 43.3. The maximum atomic E-state index is 13.3. The molecular formula is C26H25Cl2F3N2O3. The van der Waals surface area contributed by atoms with E-state index in [9.17, 15) is 28.0 Å². The lowest BCUT2D eigenvalue weighted by molar-refractivity contribution is -0.203. The predicted molar refractivity (Wildman–Crippen MR) is 129 cm³/mol. The van der Waals surface area contributed by atoms with Crippen molar-refractivity contribution in [1.82, 2.24) is 5.32 Å². The van der Waals surface area contributed by atoms with Gasteiger partial charge in [-0.25, -0.2) is 9.59 Å². The Labute approximate surface area is 217 Å². The minimum absolute atomic E-state index is 0.303. The number of benzene rings is 2. The minimum Gasteiger partial charge on any atom is -0.385 e. The number of nitrogens with one attached hydrogen (secondary N) is 1. The van der Waals surface area contributed by atoms with Crippen molar-refractivity contribution in [1.29, 1.82) is 5.26 Å². The number of halogens is 5. The number of hydrogen-bond acceptors (Lipinski definition) is 5. The Morgan fingerprint density at radius 3 is 2.19 bits per heavy atom. The maximum Gasteiger partial charge on any atom is 0.491 e. The van der Waals surface area contributed by atoms with Crippen LogP contribution in [0.1, 0.15) is 51.2 Å². The number of nitriles is 1. The molecule has 0 unspecified atom stereocenters. The average molecular weight is 541 g/mol. The van der Waals surface area contributed by atoms with Gasteiger partial charge in [-0.2, -0.15) is 18.4 Å². The van der Waals surface area contributed by atoms with E-state index in [2.05, 4.69) is 16.1 Å². The summed E-state index contributed by atoms with van der Waals surface area (Å²) in [7, 11) is 0. The quantitative estimate of drug-likeness (QED) is 0.361. The van der Waals surface area contributed by atoms with Gasteiger partial charge < -0.3 is 4.74 Å². The molecule has 0 bridgehead atoms. The van der Waals surface area contributed by atoms with Gasteiger partial charge in [-0.1, -0.05) is 68.2 Å².